The summed E-state index contributed by atoms with van der Waals surface area (Å²) in [5.41, 5.74) is 0. The van der Waals surface area contributed by atoms with Gasteiger partial charge in [0.25, 0.3) is 0 Å². The molecule has 0 saturated carbocycles. The van der Waals surface area contributed by atoms with Gasteiger partial charge in [-0.3, -0.25) is 0 Å². The smallest absolute Gasteiger partial charge is 0.149 e. The molecule has 1 fully saturated rings. The van der Waals surface area contributed by atoms with Crippen LogP contribution in [0.5, 0.6) is 0 Å². The number of nitrogens with zero attached hydrogens (tertiary/aromatic N) is 2. The van der Waals surface area contributed by atoms with Crippen molar-refractivity contribution in [2.75, 3.05) is 43.6 Å². The zero-order chi connectivity index (χ0) is 15.2. The average molecular weight is 332 g/mol. The Morgan fingerprint density at radius 3 is 2.71 bits per heavy atom. The second kappa shape index (κ2) is 8.06. The Labute approximate surface area is 136 Å². The van der Waals surface area contributed by atoms with Crippen molar-refractivity contribution in [3.05, 3.63) is 16.1 Å². The zero-order valence-corrected chi connectivity index (χ0v) is 14.2. The topological polar surface area (TPSA) is 37.4 Å². The zero-order valence-electron chi connectivity index (χ0n) is 12.7. The molecule has 1 aromatic rings. The molecular formula is C15H23Cl2N3O. The summed E-state index contributed by atoms with van der Waals surface area (Å²) >= 11 is 12.5. The highest BCUT2D eigenvalue weighted by atomic mass is 35.5. The maximum absolute atomic E-state index is 6.31. The van der Waals surface area contributed by atoms with Crippen LogP contribution in [0.25, 0.3) is 0 Å². The molecule has 0 atom stereocenters. The van der Waals surface area contributed by atoms with Gasteiger partial charge in [-0.15, -0.1) is 0 Å². The van der Waals surface area contributed by atoms with Crippen LogP contribution in [-0.2, 0) is 4.74 Å². The second-order valence-electron chi connectivity index (χ2n) is 5.49. The van der Waals surface area contributed by atoms with E-state index in [4.69, 9.17) is 27.9 Å². The molecule has 21 heavy (non-hydrogen) atoms. The average Bonchev–Trinajstić information content (AvgIpc) is 2.47. The first-order valence-corrected chi connectivity index (χ1v) is 8.26. The van der Waals surface area contributed by atoms with Gasteiger partial charge in [0.2, 0.25) is 0 Å². The molecule has 0 spiro atoms. The van der Waals surface area contributed by atoms with Crippen molar-refractivity contribution < 1.29 is 4.74 Å². The lowest BCUT2D eigenvalue weighted by Crippen LogP contribution is -2.30. The quantitative estimate of drug-likeness (QED) is 0.852. The molecule has 1 saturated heterocycles. The standard InChI is InChI=1S/C15H23Cl2N3O/c1-3-6-18-14-12(16)9-13(17)15(19-14)20(2)10-11-4-7-21-8-5-11/h9,11H,3-8,10H2,1-2H3,(H,18,19). The predicted molar refractivity (Wildman–Crippen MR) is 89.9 cm³/mol. The fourth-order valence-electron chi connectivity index (χ4n) is 2.49. The Kier molecular flexibility index (Phi) is 6.40. The molecule has 0 bridgehead atoms. The van der Waals surface area contributed by atoms with E-state index in [9.17, 15) is 0 Å². The van der Waals surface area contributed by atoms with Crippen LogP contribution in [0.1, 0.15) is 26.2 Å². The highest BCUT2D eigenvalue weighted by Gasteiger charge is 2.19. The number of nitrogens with one attached hydrogen (secondary N) is 1. The summed E-state index contributed by atoms with van der Waals surface area (Å²) in [4.78, 5) is 6.71. The van der Waals surface area contributed by atoms with E-state index < -0.39 is 0 Å². The molecule has 2 heterocycles. The maximum atomic E-state index is 6.31. The van der Waals surface area contributed by atoms with E-state index in [1.165, 1.54) is 0 Å². The Morgan fingerprint density at radius 1 is 1.33 bits per heavy atom. The highest BCUT2D eigenvalue weighted by molar-refractivity contribution is 6.37. The van der Waals surface area contributed by atoms with Gasteiger partial charge in [-0.25, -0.2) is 4.98 Å². The molecule has 1 aromatic heterocycles. The van der Waals surface area contributed by atoms with Crippen LogP contribution in [0, 0.1) is 5.92 Å². The molecule has 2 rings (SSSR count). The Balaban J connectivity index is 2.09. The monoisotopic (exact) mass is 331 g/mol. The van der Waals surface area contributed by atoms with Gasteiger partial charge in [0, 0.05) is 33.4 Å². The summed E-state index contributed by atoms with van der Waals surface area (Å²) in [6.45, 7) is 5.59. The lowest BCUT2D eigenvalue weighted by atomic mass is 10.00. The number of hydrogen-bond donors (Lipinski definition) is 1. The lowest BCUT2D eigenvalue weighted by Gasteiger charge is -2.28. The number of halogens is 2. The van der Waals surface area contributed by atoms with Gasteiger partial charge >= 0.3 is 0 Å². The highest BCUT2D eigenvalue weighted by Crippen LogP contribution is 2.32. The Bertz CT molecular complexity index is 464. The molecule has 1 aliphatic rings. The minimum absolute atomic E-state index is 0.566. The van der Waals surface area contributed by atoms with Gasteiger partial charge in [0.05, 0.1) is 10.0 Å². The summed E-state index contributed by atoms with van der Waals surface area (Å²) in [5.74, 6) is 2.12. The van der Waals surface area contributed by atoms with Crippen LogP contribution < -0.4 is 10.2 Å². The van der Waals surface area contributed by atoms with Gasteiger partial charge in [-0.1, -0.05) is 30.1 Å². The lowest BCUT2D eigenvalue weighted by molar-refractivity contribution is 0.0685. The van der Waals surface area contributed by atoms with Gasteiger partial charge < -0.3 is 15.0 Å². The van der Waals surface area contributed by atoms with E-state index in [0.29, 0.717) is 21.8 Å². The van der Waals surface area contributed by atoms with Crippen molar-refractivity contribution >= 4 is 34.8 Å². The van der Waals surface area contributed by atoms with Gasteiger partial charge in [0.1, 0.15) is 11.6 Å². The first kappa shape index (κ1) is 16.7. The molecule has 0 unspecified atom stereocenters. The van der Waals surface area contributed by atoms with E-state index >= 15 is 0 Å². The normalized spacial score (nSPS) is 16.0. The maximum Gasteiger partial charge on any atom is 0.149 e. The van der Waals surface area contributed by atoms with Crippen LogP contribution >= 0.6 is 23.2 Å². The number of hydrogen-bond acceptors (Lipinski definition) is 4. The number of aromatic nitrogens is 1. The summed E-state index contributed by atoms with van der Waals surface area (Å²) in [6, 6.07) is 1.77. The predicted octanol–water partition coefficient (Wildman–Crippen LogP) is 4.07. The minimum Gasteiger partial charge on any atom is -0.381 e. The van der Waals surface area contributed by atoms with Crippen LogP contribution in [0.2, 0.25) is 10.0 Å². The minimum atomic E-state index is 0.566. The van der Waals surface area contributed by atoms with Crippen molar-refractivity contribution in [3.63, 3.8) is 0 Å². The van der Waals surface area contributed by atoms with E-state index in [0.717, 1.165) is 51.4 Å². The molecule has 0 amide bonds. The molecular weight excluding hydrogens is 309 g/mol. The van der Waals surface area contributed by atoms with Gasteiger partial charge in [-0.05, 0) is 31.2 Å². The number of pyridine rings is 1. The SMILES string of the molecule is CCCNc1nc(N(C)CC2CCOCC2)c(Cl)cc1Cl. The van der Waals surface area contributed by atoms with Gasteiger partial charge in [-0.2, -0.15) is 0 Å². The van der Waals surface area contributed by atoms with Crippen LogP contribution in [0.3, 0.4) is 0 Å². The third-order valence-corrected chi connectivity index (χ3v) is 4.25. The van der Waals surface area contributed by atoms with Crippen molar-refractivity contribution in [1.29, 1.82) is 0 Å². The third kappa shape index (κ3) is 4.63. The van der Waals surface area contributed by atoms with Crippen LogP contribution in [0.15, 0.2) is 6.07 Å². The molecule has 0 radical (unpaired) electrons. The Hall–Kier alpha value is -0.710. The number of anilines is 2. The van der Waals surface area contributed by atoms with Crippen molar-refractivity contribution in [2.45, 2.75) is 26.2 Å². The van der Waals surface area contributed by atoms with E-state index in [2.05, 4.69) is 22.1 Å². The fraction of sp³-hybridized carbons (Fsp3) is 0.667. The molecule has 118 valence electrons. The first-order valence-electron chi connectivity index (χ1n) is 7.50. The summed E-state index contributed by atoms with van der Waals surface area (Å²) in [5, 5.41) is 4.40. The molecule has 4 nitrogen and oxygen atoms in total. The molecule has 0 aliphatic carbocycles. The van der Waals surface area contributed by atoms with Crippen LogP contribution in [0.4, 0.5) is 11.6 Å². The van der Waals surface area contributed by atoms with Crippen molar-refractivity contribution in [3.8, 4) is 0 Å². The van der Waals surface area contributed by atoms with E-state index in [-0.39, 0.29) is 0 Å². The number of ether oxygens (including phenoxy) is 1. The van der Waals surface area contributed by atoms with Crippen LogP contribution in [-0.4, -0.2) is 38.3 Å². The van der Waals surface area contributed by atoms with Crippen molar-refractivity contribution in [2.24, 2.45) is 5.92 Å². The summed E-state index contributed by atoms with van der Waals surface area (Å²) < 4.78 is 5.40. The van der Waals surface area contributed by atoms with E-state index in [1.807, 2.05) is 7.05 Å². The number of rotatable bonds is 6. The largest absolute Gasteiger partial charge is 0.381 e. The first-order chi connectivity index (χ1) is 10.1. The summed E-state index contributed by atoms with van der Waals surface area (Å²) in [6.07, 6.45) is 3.21. The fourth-order valence-corrected chi connectivity index (χ4v) is 3.06. The molecule has 1 aliphatic heterocycles. The third-order valence-electron chi connectivity index (χ3n) is 3.69. The van der Waals surface area contributed by atoms with Gasteiger partial charge in [0.15, 0.2) is 0 Å². The molecule has 1 N–H and O–H groups in total. The molecule has 0 aromatic carbocycles. The van der Waals surface area contributed by atoms with Crippen molar-refractivity contribution in [1.82, 2.24) is 4.98 Å². The molecule has 6 heteroatoms. The van der Waals surface area contributed by atoms with E-state index in [1.54, 1.807) is 6.07 Å². The second-order valence-corrected chi connectivity index (χ2v) is 6.30. The summed E-state index contributed by atoms with van der Waals surface area (Å²) in [7, 11) is 2.03. The Morgan fingerprint density at radius 2 is 2.05 bits per heavy atom.